The lowest BCUT2D eigenvalue weighted by Crippen LogP contribution is -2.48. The molecule has 1 aromatic carbocycles. The van der Waals surface area contributed by atoms with Crippen LogP contribution in [0.5, 0.6) is 0 Å². The minimum absolute atomic E-state index is 0.128. The zero-order valence-electron chi connectivity index (χ0n) is 11.8. The van der Waals surface area contributed by atoms with E-state index in [-0.39, 0.29) is 12.1 Å². The molecule has 21 heavy (non-hydrogen) atoms. The Morgan fingerprint density at radius 2 is 2.14 bits per heavy atom. The average Bonchev–Trinajstić information content (AvgIpc) is 2.48. The van der Waals surface area contributed by atoms with Crippen LogP contribution in [0.25, 0.3) is 0 Å². The Bertz CT molecular complexity index is 559. The van der Waals surface area contributed by atoms with Gasteiger partial charge in [-0.25, -0.2) is 9.29 Å². The van der Waals surface area contributed by atoms with Crippen molar-refractivity contribution in [2.24, 2.45) is 0 Å². The van der Waals surface area contributed by atoms with Gasteiger partial charge in [-0.2, -0.15) is 17.0 Å². The number of nitrogens with zero attached hydrogens (tertiary/aromatic N) is 2. The summed E-state index contributed by atoms with van der Waals surface area (Å²) in [5.41, 5.74) is -0.128. The number of carbonyl (C=O) groups excluding carboxylic acids is 2. The van der Waals surface area contributed by atoms with Crippen molar-refractivity contribution in [2.45, 2.75) is 13.0 Å². The number of likely N-dealkylation sites (N-methyl/N-ethyl adjacent to an activating group) is 1. The standard InChI is InChI=1S/C14H16FN3O2S/c1-3-18(9-16)14(20)12(8-21-2)17-13(19)10-6-4-5-7-11(10)15/h4-7,12H,3,8H2,1-2H3,(H,17,19). The zero-order chi connectivity index (χ0) is 15.8. The van der Waals surface area contributed by atoms with Crippen LogP contribution in [0.15, 0.2) is 24.3 Å². The molecule has 5 nitrogen and oxygen atoms in total. The van der Waals surface area contributed by atoms with Gasteiger partial charge in [-0.15, -0.1) is 0 Å². The fourth-order valence-electron chi connectivity index (χ4n) is 1.69. The molecule has 0 fully saturated rings. The lowest BCUT2D eigenvalue weighted by Gasteiger charge is -2.21. The second kappa shape index (κ2) is 8.27. The highest BCUT2D eigenvalue weighted by Gasteiger charge is 2.26. The Morgan fingerprint density at radius 3 is 2.67 bits per heavy atom. The molecule has 0 aliphatic heterocycles. The minimum Gasteiger partial charge on any atom is -0.339 e. The minimum atomic E-state index is -0.869. The summed E-state index contributed by atoms with van der Waals surface area (Å²) in [5, 5.41) is 11.4. The maximum Gasteiger partial charge on any atom is 0.259 e. The summed E-state index contributed by atoms with van der Waals surface area (Å²) in [4.78, 5) is 25.1. The number of hydrogen-bond acceptors (Lipinski definition) is 4. The zero-order valence-corrected chi connectivity index (χ0v) is 12.6. The Balaban J connectivity index is 2.89. The molecule has 112 valence electrons. The summed E-state index contributed by atoms with van der Waals surface area (Å²) in [5.74, 6) is -1.52. The first-order chi connectivity index (χ1) is 10.0. The number of nitrogens with one attached hydrogen (secondary N) is 1. The summed E-state index contributed by atoms with van der Waals surface area (Å²) < 4.78 is 13.6. The first-order valence-electron chi connectivity index (χ1n) is 6.30. The van der Waals surface area contributed by atoms with Crippen LogP contribution in [-0.4, -0.2) is 41.3 Å². The molecule has 0 saturated carbocycles. The molecule has 1 unspecified atom stereocenters. The van der Waals surface area contributed by atoms with Crippen LogP contribution in [0.1, 0.15) is 17.3 Å². The molecule has 0 spiro atoms. The molecule has 1 aromatic rings. The summed E-state index contributed by atoms with van der Waals surface area (Å²) >= 11 is 1.35. The van der Waals surface area contributed by atoms with Gasteiger partial charge in [0.2, 0.25) is 0 Å². The van der Waals surface area contributed by atoms with Gasteiger partial charge in [-0.3, -0.25) is 9.59 Å². The number of halogens is 1. The summed E-state index contributed by atoms with van der Waals surface area (Å²) in [7, 11) is 0. The number of thioether (sulfide) groups is 1. The summed E-state index contributed by atoms with van der Waals surface area (Å²) in [6.07, 6.45) is 3.54. The average molecular weight is 309 g/mol. The molecule has 0 heterocycles. The van der Waals surface area contributed by atoms with Crippen LogP contribution in [0, 0.1) is 17.3 Å². The fourth-order valence-corrected chi connectivity index (χ4v) is 2.25. The molecule has 7 heteroatoms. The van der Waals surface area contributed by atoms with E-state index in [9.17, 15) is 14.0 Å². The Kier molecular flexibility index (Phi) is 6.69. The summed E-state index contributed by atoms with van der Waals surface area (Å²) in [6, 6.07) is 4.66. The van der Waals surface area contributed by atoms with Gasteiger partial charge in [-0.05, 0) is 25.3 Å². The van der Waals surface area contributed by atoms with E-state index in [0.29, 0.717) is 5.75 Å². The van der Waals surface area contributed by atoms with E-state index >= 15 is 0 Å². The highest BCUT2D eigenvalue weighted by molar-refractivity contribution is 7.98. The molecule has 1 N–H and O–H groups in total. The van der Waals surface area contributed by atoms with Gasteiger partial charge in [0.25, 0.3) is 11.8 Å². The molecule has 0 aromatic heterocycles. The molecule has 1 rings (SSSR count). The van der Waals surface area contributed by atoms with E-state index in [0.717, 1.165) is 4.90 Å². The van der Waals surface area contributed by atoms with Crippen molar-refractivity contribution in [3.63, 3.8) is 0 Å². The second-order valence-corrected chi connectivity index (χ2v) is 5.05. The molecular weight excluding hydrogens is 293 g/mol. The Labute approximate surface area is 127 Å². The topological polar surface area (TPSA) is 73.2 Å². The monoisotopic (exact) mass is 309 g/mol. The van der Waals surface area contributed by atoms with Crippen LogP contribution in [0.4, 0.5) is 4.39 Å². The lowest BCUT2D eigenvalue weighted by atomic mass is 10.2. The third-order valence-electron chi connectivity index (χ3n) is 2.76. The fraction of sp³-hybridized carbons (Fsp3) is 0.357. The molecule has 0 saturated heterocycles. The Hall–Kier alpha value is -2.07. The number of rotatable bonds is 6. The number of carbonyl (C=O) groups is 2. The van der Waals surface area contributed by atoms with Crippen LogP contribution in [-0.2, 0) is 4.79 Å². The van der Waals surface area contributed by atoms with Crippen molar-refractivity contribution in [1.29, 1.82) is 5.26 Å². The van der Waals surface area contributed by atoms with Gasteiger partial charge < -0.3 is 5.32 Å². The molecule has 0 bridgehead atoms. The molecule has 0 aliphatic rings. The van der Waals surface area contributed by atoms with Crippen molar-refractivity contribution >= 4 is 23.6 Å². The Morgan fingerprint density at radius 1 is 1.48 bits per heavy atom. The van der Waals surface area contributed by atoms with Crippen molar-refractivity contribution in [2.75, 3.05) is 18.6 Å². The van der Waals surface area contributed by atoms with Gasteiger partial charge in [-0.1, -0.05) is 12.1 Å². The SMILES string of the molecule is CCN(C#N)C(=O)C(CSC)NC(=O)c1ccccc1F. The van der Waals surface area contributed by atoms with Crippen molar-refractivity contribution in [1.82, 2.24) is 10.2 Å². The van der Waals surface area contributed by atoms with Gasteiger partial charge >= 0.3 is 0 Å². The first-order valence-corrected chi connectivity index (χ1v) is 7.70. The molecule has 0 radical (unpaired) electrons. The van der Waals surface area contributed by atoms with Gasteiger partial charge in [0.05, 0.1) is 5.56 Å². The van der Waals surface area contributed by atoms with Crippen molar-refractivity contribution in [3.05, 3.63) is 35.6 Å². The maximum absolute atomic E-state index is 13.6. The number of nitriles is 1. The smallest absolute Gasteiger partial charge is 0.259 e. The predicted octanol–water partition coefficient (Wildman–Crippen LogP) is 1.62. The lowest BCUT2D eigenvalue weighted by molar-refractivity contribution is -0.129. The number of hydrogen-bond donors (Lipinski definition) is 1. The van der Waals surface area contributed by atoms with Crippen molar-refractivity contribution < 1.29 is 14.0 Å². The van der Waals surface area contributed by atoms with E-state index in [4.69, 9.17) is 5.26 Å². The van der Waals surface area contributed by atoms with E-state index in [1.807, 2.05) is 0 Å². The van der Waals surface area contributed by atoms with Gasteiger partial charge in [0.15, 0.2) is 6.19 Å². The second-order valence-electron chi connectivity index (χ2n) is 4.14. The third kappa shape index (κ3) is 4.46. The predicted molar refractivity (Wildman–Crippen MR) is 79.0 cm³/mol. The quantitative estimate of drug-likeness (QED) is 0.640. The van der Waals surface area contributed by atoms with E-state index in [1.165, 1.54) is 36.0 Å². The highest BCUT2D eigenvalue weighted by Crippen LogP contribution is 2.08. The maximum atomic E-state index is 13.6. The molecular formula is C14H16FN3O2S. The van der Waals surface area contributed by atoms with Gasteiger partial charge in [0, 0.05) is 12.3 Å². The third-order valence-corrected chi connectivity index (χ3v) is 3.42. The highest BCUT2D eigenvalue weighted by atomic mass is 32.2. The van der Waals surface area contributed by atoms with Crippen LogP contribution < -0.4 is 5.32 Å². The molecule has 2 amide bonds. The largest absolute Gasteiger partial charge is 0.339 e. The number of benzene rings is 1. The van der Waals surface area contributed by atoms with Gasteiger partial charge in [0.1, 0.15) is 11.9 Å². The van der Waals surface area contributed by atoms with E-state index in [1.54, 1.807) is 19.4 Å². The number of amides is 2. The molecule has 1 atom stereocenters. The van der Waals surface area contributed by atoms with Crippen LogP contribution in [0.3, 0.4) is 0 Å². The van der Waals surface area contributed by atoms with Crippen LogP contribution >= 0.6 is 11.8 Å². The normalized spacial score (nSPS) is 11.3. The van der Waals surface area contributed by atoms with Crippen molar-refractivity contribution in [3.8, 4) is 6.19 Å². The van der Waals surface area contributed by atoms with E-state index in [2.05, 4.69) is 5.32 Å². The molecule has 0 aliphatic carbocycles. The first kappa shape index (κ1) is 17.0. The van der Waals surface area contributed by atoms with Crippen LogP contribution in [0.2, 0.25) is 0 Å². The van der Waals surface area contributed by atoms with E-state index < -0.39 is 23.7 Å². The summed E-state index contributed by atoms with van der Waals surface area (Å²) in [6.45, 7) is 1.88.